The van der Waals surface area contributed by atoms with Gasteiger partial charge in [-0.1, -0.05) is 130 Å². The van der Waals surface area contributed by atoms with E-state index in [0.717, 1.165) is 62.8 Å². The smallest absolute Gasteiger partial charge is 0.427 e. The van der Waals surface area contributed by atoms with Gasteiger partial charge in [0, 0.05) is 59.1 Å². The molecule has 8 aromatic carbocycles. The van der Waals surface area contributed by atoms with E-state index >= 15 is 0 Å². The van der Waals surface area contributed by atoms with Gasteiger partial charge in [-0.2, -0.15) is 0 Å². The highest BCUT2D eigenvalue weighted by Gasteiger charge is 2.24. The highest BCUT2D eigenvalue weighted by molar-refractivity contribution is 5.82. The summed E-state index contributed by atoms with van der Waals surface area (Å²) in [5.74, 6) is 0.608. The van der Waals surface area contributed by atoms with Crippen LogP contribution in [0.25, 0.3) is 16.9 Å². The van der Waals surface area contributed by atoms with Gasteiger partial charge in [-0.15, -0.1) is 0 Å². The molecule has 0 saturated heterocycles. The molecule has 0 fully saturated rings. The van der Waals surface area contributed by atoms with Crippen LogP contribution in [-0.4, -0.2) is 25.8 Å². The topological polar surface area (TPSA) is 77.5 Å². The first-order chi connectivity index (χ1) is 32.5. The molecule has 8 aromatic rings. The number of hydrogen-bond acceptors (Lipinski definition) is 8. The Bertz CT molecular complexity index is 2920. The standard InChI is InChI=1S/C59H52N2O6/c1-42(65-58(63)67-57-37-27-49(28-38-57)59(3,4)48-25-35-56(36-26-48)66-43(2)62)47-13-12-18-55(41-47)61(51-16-10-7-11-17-51)54-33-23-46(24-34-54)45-21-31-53(32-22-45)60(50-14-8-6-9-15-50)52-29-19-44(20-30-52)39-40-64-5/h6-38,41H,1,39-40H2,2-5H3. The Morgan fingerprint density at radius 2 is 0.940 bits per heavy atom. The molecule has 0 saturated carbocycles. The molecule has 8 rings (SSSR count). The first-order valence-corrected chi connectivity index (χ1v) is 22.1. The molecule has 0 atom stereocenters. The molecular weight excluding hydrogens is 833 g/mol. The number of benzene rings is 8. The van der Waals surface area contributed by atoms with Crippen molar-refractivity contribution in [2.45, 2.75) is 32.6 Å². The number of methoxy groups -OCH3 is 1. The summed E-state index contributed by atoms with van der Waals surface area (Å²) in [6.07, 6.45) is -0.0282. The van der Waals surface area contributed by atoms with Gasteiger partial charge >= 0.3 is 12.1 Å². The van der Waals surface area contributed by atoms with Crippen molar-refractivity contribution >= 4 is 52.0 Å². The van der Waals surface area contributed by atoms with Crippen molar-refractivity contribution in [3.05, 3.63) is 235 Å². The lowest BCUT2D eigenvalue weighted by Gasteiger charge is -2.26. The van der Waals surface area contributed by atoms with Crippen LogP contribution in [0, 0.1) is 0 Å². The Labute approximate surface area is 392 Å². The van der Waals surface area contributed by atoms with E-state index in [1.807, 2.05) is 72.8 Å². The summed E-state index contributed by atoms with van der Waals surface area (Å²) in [6.45, 7) is 10.3. The Morgan fingerprint density at radius 3 is 1.42 bits per heavy atom. The lowest BCUT2D eigenvalue weighted by Crippen LogP contribution is -2.19. The van der Waals surface area contributed by atoms with Crippen molar-refractivity contribution in [1.82, 2.24) is 0 Å². The molecular formula is C59H52N2O6. The van der Waals surface area contributed by atoms with Gasteiger partial charge in [0.25, 0.3) is 0 Å². The molecule has 0 unspecified atom stereocenters. The van der Waals surface area contributed by atoms with Crippen LogP contribution in [0.2, 0.25) is 0 Å². The Balaban J connectivity index is 0.960. The zero-order chi connectivity index (χ0) is 46.8. The average molecular weight is 885 g/mol. The number of carbonyl (C=O) groups is 2. The highest BCUT2D eigenvalue weighted by Crippen LogP contribution is 2.39. The Kier molecular flexibility index (Phi) is 14.1. The van der Waals surface area contributed by atoms with Crippen LogP contribution in [0.4, 0.5) is 38.9 Å². The van der Waals surface area contributed by atoms with E-state index in [0.29, 0.717) is 23.7 Å². The van der Waals surface area contributed by atoms with Gasteiger partial charge in [0.05, 0.1) is 6.61 Å². The number of rotatable bonds is 16. The summed E-state index contributed by atoms with van der Waals surface area (Å²) in [7, 11) is 1.73. The number of hydrogen-bond donors (Lipinski definition) is 0. The second-order valence-electron chi connectivity index (χ2n) is 16.5. The summed E-state index contributed by atoms with van der Waals surface area (Å²) in [6, 6.07) is 68.7. The van der Waals surface area contributed by atoms with E-state index in [2.05, 4.69) is 139 Å². The number of para-hydroxylation sites is 2. The first-order valence-electron chi connectivity index (χ1n) is 22.1. The molecule has 8 nitrogen and oxygen atoms in total. The molecule has 0 aliphatic rings. The van der Waals surface area contributed by atoms with Crippen molar-refractivity contribution in [2.75, 3.05) is 23.5 Å². The Morgan fingerprint density at radius 1 is 0.507 bits per heavy atom. The third kappa shape index (κ3) is 11.0. The third-order valence-corrected chi connectivity index (χ3v) is 11.7. The van der Waals surface area contributed by atoms with Crippen molar-refractivity contribution in [2.24, 2.45) is 0 Å². The van der Waals surface area contributed by atoms with Gasteiger partial charge in [-0.25, -0.2) is 4.79 Å². The van der Waals surface area contributed by atoms with Crippen molar-refractivity contribution in [3.8, 4) is 22.6 Å². The maximum absolute atomic E-state index is 13.1. The monoisotopic (exact) mass is 884 g/mol. The minimum Gasteiger partial charge on any atom is -0.427 e. The highest BCUT2D eigenvalue weighted by atomic mass is 16.7. The first kappa shape index (κ1) is 45.4. The molecule has 0 aliphatic heterocycles. The molecule has 334 valence electrons. The summed E-state index contributed by atoms with van der Waals surface area (Å²) in [5.41, 5.74) is 11.7. The van der Waals surface area contributed by atoms with E-state index < -0.39 is 6.16 Å². The van der Waals surface area contributed by atoms with Crippen molar-refractivity contribution in [3.63, 3.8) is 0 Å². The Hall–Kier alpha value is -8.20. The molecule has 0 spiro atoms. The predicted octanol–water partition coefficient (Wildman–Crippen LogP) is 14.9. The fraction of sp³-hybridized carbons (Fsp3) is 0.119. The summed E-state index contributed by atoms with van der Waals surface area (Å²) < 4.78 is 21.7. The number of anilines is 6. The van der Waals surface area contributed by atoms with Gasteiger partial charge in [-0.3, -0.25) is 4.79 Å². The lowest BCUT2D eigenvalue weighted by molar-refractivity contribution is -0.131. The number of carbonyl (C=O) groups excluding carboxylic acids is 2. The van der Waals surface area contributed by atoms with Crippen LogP contribution in [-0.2, 0) is 26.1 Å². The van der Waals surface area contributed by atoms with Crippen LogP contribution >= 0.6 is 0 Å². The fourth-order valence-corrected chi connectivity index (χ4v) is 7.99. The van der Waals surface area contributed by atoms with Crippen LogP contribution in [0.15, 0.2) is 213 Å². The molecule has 0 aliphatic carbocycles. The largest absolute Gasteiger partial charge is 0.519 e. The molecule has 0 bridgehead atoms. The van der Waals surface area contributed by atoms with Gasteiger partial charge < -0.3 is 28.7 Å². The van der Waals surface area contributed by atoms with Crippen molar-refractivity contribution in [1.29, 1.82) is 0 Å². The summed E-state index contributed by atoms with van der Waals surface area (Å²) in [4.78, 5) is 28.8. The lowest BCUT2D eigenvalue weighted by atomic mass is 9.78. The summed E-state index contributed by atoms with van der Waals surface area (Å²) >= 11 is 0. The molecule has 8 heteroatoms. The third-order valence-electron chi connectivity index (χ3n) is 11.7. The van der Waals surface area contributed by atoms with Crippen LogP contribution in [0.3, 0.4) is 0 Å². The minimum absolute atomic E-state index is 0.151. The second-order valence-corrected chi connectivity index (χ2v) is 16.5. The summed E-state index contributed by atoms with van der Waals surface area (Å²) in [5, 5.41) is 0. The molecule has 0 N–H and O–H groups in total. The minimum atomic E-state index is -0.896. The van der Waals surface area contributed by atoms with E-state index in [1.165, 1.54) is 12.5 Å². The zero-order valence-corrected chi connectivity index (χ0v) is 38.1. The molecule has 0 heterocycles. The maximum Gasteiger partial charge on any atom is 0.519 e. The van der Waals surface area contributed by atoms with Crippen LogP contribution < -0.4 is 19.3 Å². The normalized spacial score (nSPS) is 11.0. The van der Waals surface area contributed by atoms with Crippen LogP contribution in [0.1, 0.15) is 43.0 Å². The number of ether oxygens (including phenoxy) is 4. The second kappa shape index (κ2) is 20.7. The quantitative estimate of drug-likeness (QED) is 0.0411. The molecule has 0 aromatic heterocycles. The predicted molar refractivity (Wildman–Crippen MR) is 269 cm³/mol. The van der Waals surface area contributed by atoms with Gasteiger partial charge in [0.1, 0.15) is 17.3 Å². The van der Waals surface area contributed by atoms with Crippen molar-refractivity contribution < 1.29 is 28.5 Å². The van der Waals surface area contributed by atoms with E-state index in [9.17, 15) is 9.59 Å². The molecule has 67 heavy (non-hydrogen) atoms. The number of esters is 1. The average Bonchev–Trinajstić information content (AvgIpc) is 3.35. The van der Waals surface area contributed by atoms with Gasteiger partial charge in [0.15, 0.2) is 0 Å². The van der Waals surface area contributed by atoms with Gasteiger partial charge in [0.2, 0.25) is 0 Å². The SMILES string of the molecule is C=C(OC(=O)Oc1ccc(C(C)(C)c2ccc(OC(C)=O)cc2)cc1)c1cccc(N(c2ccccc2)c2ccc(-c3ccc(N(c4ccccc4)c4ccc(CCOC)cc4)cc3)cc2)c1. The number of nitrogens with zero attached hydrogens (tertiary/aromatic N) is 2. The maximum atomic E-state index is 13.1. The fourth-order valence-electron chi connectivity index (χ4n) is 7.99. The zero-order valence-electron chi connectivity index (χ0n) is 38.1. The molecule has 0 amide bonds. The molecule has 0 radical (unpaired) electrons. The van der Waals surface area contributed by atoms with E-state index in [4.69, 9.17) is 18.9 Å². The van der Waals surface area contributed by atoms with E-state index in [-0.39, 0.29) is 17.1 Å². The van der Waals surface area contributed by atoms with Crippen LogP contribution in [0.5, 0.6) is 11.5 Å². The van der Waals surface area contributed by atoms with E-state index in [1.54, 1.807) is 31.4 Å². The van der Waals surface area contributed by atoms with Gasteiger partial charge in [-0.05, 0) is 131 Å².